The molecule has 0 aliphatic rings. The van der Waals surface area contributed by atoms with E-state index >= 15 is 0 Å². The van der Waals surface area contributed by atoms with Crippen LogP contribution in [0.3, 0.4) is 0 Å². The van der Waals surface area contributed by atoms with Gasteiger partial charge < -0.3 is 5.32 Å². The predicted octanol–water partition coefficient (Wildman–Crippen LogP) is 3.75. The summed E-state index contributed by atoms with van der Waals surface area (Å²) in [5.74, 6) is 0. The van der Waals surface area contributed by atoms with E-state index < -0.39 is 0 Å². The maximum atomic E-state index is 4.32. The Morgan fingerprint density at radius 2 is 1.95 bits per heavy atom. The first-order chi connectivity index (χ1) is 9.56. The summed E-state index contributed by atoms with van der Waals surface area (Å²) in [6.07, 6.45) is 2.11. The molecule has 4 heteroatoms. The van der Waals surface area contributed by atoms with Crippen LogP contribution < -0.4 is 5.32 Å². The molecule has 0 saturated carbocycles. The summed E-state index contributed by atoms with van der Waals surface area (Å²) >= 11 is 1.71. The second-order valence-electron chi connectivity index (χ2n) is 5.51. The Morgan fingerprint density at radius 1 is 1.15 bits per heavy atom. The number of aryl methyl sites for hydroxylation is 3. The summed E-state index contributed by atoms with van der Waals surface area (Å²) in [7, 11) is 0. The van der Waals surface area contributed by atoms with Crippen molar-refractivity contribution in [3.8, 4) is 10.6 Å². The fourth-order valence-corrected chi connectivity index (χ4v) is 2.85. The van der Waals surface area contributed by atoms with Crippen LogP contribution in [0.15, 0.2) is 18.2 Å². The molecule has 2 aromatic rings. The SMILES string of the molecule is Cc1ccc(-c2nnc(CCCNC(C)C)s2)cc1C. The van der Waals surface area contributed by atoms with Gasteiger partial charge in [0.05, 0.1) is 0 Å². The molecule has 1 aromatic heterocycles. The first-order valence-corrected chi connectivity index (χ1v) is 8.01. The van der Waals surface area contributed by atoms with E-state index in [1.165, 1.54) is 16.7 Å². The van der Waals surface area contributed by atoms with Crippen molar-refractivity contribution in [1.29, 1.82) is 0 Å². The molecule has 3 nitrogen and oxygen atoms in total. The number of nitrogens with zero attached hydrogens (tertiary/aromatic N) is 2. The van der Waals surface area contributed by atoms with E-state index in [4.69, 9.17) is 0 Å². The van der Waals surface area contributed by atoms with Crippen LogP contribution in [0.2, 0.25) is 0 Å². The van der Waals surface area contributed by atoms with Crippen molar-refractivity contribution >= 4 is 11.3 Å². The third-order valence-electron chi connectivity index (χ3n) is 3.34. The van der Waals surface area contributed by atoms with Crippen LogP contribution in [-0.2, 0) is 6.42 Å². The molecule has 108 valence electrons. The quantitative estimate of drug-likeness (QED) is 0.823. The fourth-order valence-electron chi connectivity index (χ4n) is 1.98. The average molecular weight is 289 g/mol. The van der Waals surface area contributed by atoms with E-state index in [0.717, 1.165) is 29.4 Å². The van der Waals surface area contributed by atoms with E-state index in [0.29, 0.717) is 6.04 Å². The normalized spacial score (nSPS) is 11.2. The van der Waals surface area contributed by atoms with Gasteiger partial charge in [-0.25, -0.2) is 0 Å². The highest BCUT2D eigenvalue weighted by atomic mass is 32.1. The predicted molar refractivity (Wildman–Crippen MR) is 86.3 cm³/mol. The molecule has 0 atom stereocenters. The Hall–Kier alpha value is -1.26. The standard InChI is InChI=1S/C16H23N3S/c1-11(2)17-9-5-6-15-18-19-16(20-15)14-8-7-12(3)13(4)10-14/h7-8,10-11,17H,5-6,9H2,1-4H3. The number of aromatic nitrogens is 2. The smallest absolute Gasteiger partial charge is 0.147 e. The minimum atomic E-state index is 0.551. The molecule has 0 aliphatic heterocycles. The first kappa shape index (κ1) is 15.1. The lowest BCUT2D eigenvalue weighted by Crippen LogP contribution is -2.23. The van der Waals surface area contributed by atoms with Gasteiger partial charge in [-0.1, -0.05) is 37.3 Å². The Labute approximate surface area is 125 Å². The molecule has 2 rings (SSSR count). The van der Waals surface area contributed by atoms with Crippen molar-refractivity contribution in [2.45, 2.75) is 46.6 Å². The molecule has 0 aliphatic carbocycles. The minimum absolute atomic E-state index is 0.551. The van der Waals surface area contributed by atoms with Crippen molar-refractivity contribution in [3.63, 3.8) is 0 Å². The second-order valence-corrected chi connectivity index (χ2v) is 6.57. The lowest BCUT2D eigenvalue weighted by Gasteiger charge is -2.05. The van der Waals surface area contributed by atoms with Crippen LogP contribution in [0, 0.1) is 13.8 Å². The highest BCUT2D eigenvalue weighted by molar-refractivity contribution is 7.14. The number of rotatable bonds is 6. The molecule has 1 N–H and O–H groups in total. The molecule has 0 fully saturated rings. The maximum Gasteiger partial charge on any atom is 0.147 e. The lowest BCUT2D eigenvalue weighted by molar-refractivity contribution is 0.569. The van der Waals surface area contributed by atoms with Crippen LogP contribution in [0.25, 0.3) is 10.6 Å². The van der Waals surface area contributed by atoms with Gasteiger partial charge >= 0.3 is 0 Å². The van der Waals surface area contributed by atoms with Crippen molar-refractivity contribution in [2.75, 3.05) is 6.54 Å². The number of benzene rings is 1. The molecule has 0 saturated heterocycles. The monoisotopic (exact) mass is 289 g/mol. The summed E-state index contributed by atoms with van der Waals surface area (Å²) in [4.78, 5) is 0. The van der Waals surface area contributed by atoms with Gasteiger partial charge in [-0.15, -0.1) is 10.2 Å². The second kappa shape index (κ2) is 6.95. The van der Waals surface area contributed by atoms with Crippen LogP contribution >= 0.6 is 11.3 Å². The molecular weight excluding hydrogens is 266 g/mol. The van der Waals surface area contributed by atoms with E-state index in [9.17, 15) is 0 Å². The number of hydrogen-bond donors (Lipinski definition) is 1. The summed E-state index contributed by atoms with van der Waals surface area (Å²) < 4.78 is 0. The van der Waals surface area contributed by atoms with Gasteiger partial charge in [-0.05, 0) is 44.0 Å². The summed E-state index contributed by atoms with van der Waals surface area (Å²) in [5, 5.41) is 14.2. The molecule has 0 radical (unpaired) electrons. The zero-order valence-corrected chi connectivity index (χ0v) is 13.5. The van der Waals surface area contributed by atoms with Crippen molar-refractivity contribution in [3.05, 3.63) is 34.3 Å². The van der Waals surface area contributed by atoms with Gasteiger partial charge in [0, 0.05) is 18.0 Å². The first-order valence-electron chi connectivity index (χ1n) is 7.19. The Morgan fingerprint density at radius 3 is 2.65 bits per heavy atom. The summed E-state index contributed by atoms with van der Waals surface area (Å²) in [6.45, 7) is 9.65. The summed E-state index contributed by atoms with van der Waals surface area (Å²) in [5.41, 5.74) is 3.80. The molecule has 20 heavy (non-hydrogen) atoms. The molecule has 1 heterocycles. The Bertz CT molecular complexity index is 561. The van der Waals surface area contributed by atoms with Gasteiger partial charge in [0.1, 0.15) is 10.0 Å². The van der Waals surface area contributed by atoms with Gasteiger partial charge in [0.25, 0.3) is 0 Å². The van der Waals surface area contributed by atoms with Crippen LogP contribution in [0.5, 0.6) is 0 Å². The van der Waals surface area contributed by atoms with Gasteiger partial charge in [-0.2, -0.15) is 0 Å². The molecule has 0 bridgehead atoms. The molecular formula is C16H23N3S. The third-order valence-corrected chi connectivity index (χ3v) is 4.37. The van der Waals surface area contributed by atoms with E-state index in [-0.39, 0.29) is 0 Å². The lowest BCUT2D eigenvalue weighted by atomic mass is 10.1. The largest absolute Gasteiger partial charge is 0.315 e. The van der Waals surface area contributed by atoms with E-state index in [1.54, 1.807) is 11.3 Å². The average Bonchev–Trinajstić information content (AvgIpc) is 2.86. The zero-order valence-electron chi connectivity index (χ0n) is 12.7. The number of hydrogen-bond acceptors (Lipinski definition) is 4. The van der Waals surface area contributed by atoms with Gasteiger partial charge in [0.2, 0.25) is 0 Å². The van der Waals surface area contributed by atoms with Crippen molar-refractivity contribution in [1.82, 2.24) is 15.5 Å². The third kappa shape index (κ3) is 4.12. The topological polar surface area (TPSA) is 37.8 Å². The maximum absolute atomic E-state index is 4.32. The zero-order chi connectivity index (χ0) is 14.5. The fraction of sp³-hybridized carbons (Fsp3) is 0.500. The Kier molecular flexibility index (Phi) is 5.26. The number of nitrogens with one attached hydrogen (secondary N) is 1. The van der Waals surface area contributed by atoms with Gasteiger partial charge in [-0.3, -0.25) is 0 Å². The van der Waals surface area contributed by atoms with E-state index in [2.05, 4.69) is 61.4 Å². The Balaban J connectivity index is 1.96. The van der Waals surface area contributed by atoms with Crippen LogP contribution in [0.1, 0.15) is 36.4 Å². The molecule has 0 amide bonds. The highest BCUT2D eigenvalue weighted by Crippen LogP contribution is 2.25. The highest BCUT2D eigenvalue weighted by Gasteiger charge is 2.07. The minimum Gasteiger partial charge on any atom is -0.315 e. The molecule has 0 unspecified atom stereocenters. The van der Waals surface area contributed by atoms with E-state index in [1.807, 2.05) is 0 Å². The van der Waals surface area contributed by atoms with Crippen LogP contribution in [0.4, 0.5) is 0 Å². The van der Waals surface area contributed by atoms with Gasteiger partial charge in [0.15, 0.2) is 0 Å². The van der Waals surface area contributed by atoms with Crippen molar-refractivity contribution in [2.24, 2.45) is 0 Å². The molecule has 1 aromatic carbocycles. The van der Waals surface area contributed by atoms with Crippen molar-refractivity contribution < 1.29 is 0 Å². The molecule has 0 spiro atoms. The van der Waals surface area contributed by atoms with Crippen LogP contribution in [-0.4, -0.2) is 22.8 Å². The summed E-state index contributed by atoms with van der Waals surface area (Å²) in [6, 6.07) is 7.03.